The van der Waals surface area contributed by atoms with E-state index in [1.54, 1.807) is 13.0 Å². The summed E-state index contributed by atoms with van der Waals surface area (Å²) in [6, 6.07) is 3.85. The molecular weight excluding hydrogens is 220 g/mol. The smallest absolute Gasteiger partial charge is 0.190 e. The topological polar surface area (TPSA) is 75.6 Å². The van der Waals surface area contributed by atoms with E-state index in [4.69, 9.17) is 11.0 Å². The van der Waals surface area contributed by atoms with Crippen molar-refractivity contribution < 1.29 is 0 Å². The van der Waals surface area contributed by atoms with Gasteiger partial charge in [-0.05, 0) is 13.3 Å². The fraction of sp³-hybridized carbons (Fsp3) is 0.364. The van der Waals surface area contributed by atoms with E-state index in [9.17, 15) is 0 Å². The van der Waals surface area contributed by atoms with Crippen LogP contribution in [-0.4, -0.2) is 15.7 Å². The van der Waals surface area contributed by atoms with E-state index < -0.39 is 0 Å². The quantitative estimate of drug-likeness (QED) is 0.491. The zero-order valence-electron chi connectivity index (χ0n) is 9.40. The van der Waals surface area contributed by atoms with Crippen molar-refractivity contribution in [2.45, 2.75) is 25.4 Å². The molecule has 0 amide bonds. The summed E-state index contributed by atoms with van der Waals surface area (Å²) >= 11 is 1.48. The van der Waals surface area contributed by atoms with Crippen molar-refractivity contribution >= 4 is 17.6 Å². The van der Waals surface area contributed by atoms with E-state index in [1.807, 2.05) is 13.0 Å². The molecule has 1 heterocycles. The van der Waals surface area contributed by atoms with E-state index in [1.165, 1.54) is 11.8 Å². The lowest BCUT2D eigenvalue weighted by atomic mass is 10.3. The summed E-state index contributed by atoms with van der Waals surface area (Å²) in [6.07, 6.45) is 2.69. The highest BCUT2D eigenvalue weighted by molar-refractivity contribution is 7.99. The molecule has 0 radical (unpaired) electrons. The maximum Gasteiger partial charge on any atom is 0.190 e. The molecule has 1 rings (SSSR count). The van der Waals surface area contributed by atoms with Gasteiger partial charge in [0.05, 0.1) is 6.07 Å². The lowest BCUT2D eigenvalue weighted by Crippen LogP contribution is -1.98. The predicted octanol–water partition coefficient (Wildman–Crippen LogP) is 2.18. The summed E-state index contributed by atoms with van der Waals surface area (Å²) in [5.41, 5.74) is 7.30. The number of nitriles is 1. The van der Waals surface area contributed by atoms with E-state index in [0.717, 1.165) is 12.1 Å². The van der Waals surface area contributed by atoms with E-state index >= 15 is 0 Å². The summed E-state index contributed by atoms with van der Waals surface area (Å²) in [4.78, 5) is 8.46. The van der Waals surface area contributed by atoms with Gasteiger partial charge in [0.15, 0.2) is 5.16 Å². The minimum absolute atomic E-state index is 0.496. The van der Waals surface area contributed by atoms with Gasteiger partial charge in [-0.25, -0.2) is 9.97 Å². The molecule has 1 aromatic rings. The summed E-state index contributed by atoms with van der Waals surface area (Å²) in [5, 5.41) is 9.25. The Morgan fingerprint density at radius 1 is 1.62 bits per heavy atom. The Hall–Kier alpha value is -1.54. The van der Waals surface area contributed by atoms with Crippen LogP contribution < -0.4 is 5.73 Å². The van der Waals surface area contributed by atoms with Gasteiger partial charge in [-0.15, -0.1) is 0 Å². The maximum atomic E-state index is 8.58. The normalized spacial score (nSPS) is 11.2. The third kappa shape index (κ3) is 3.91. The van der Waals surface area contributed by atoms with Gasteiger partial charge in [-0.2, -0.15) is 5.26 Å². The second kappa shape index (κ2) is 6.13. The van der Waals surface area contributed by atoms with E-state index in [2.05, 4.69) is 16.0 Å². The van der Waals surface area contributed by atoms with Gasteiger partial charge >= 0.3 is 0 Å². The van der Waals surface area contributed by atoms with Crippen LogP contribution in [0.15, 0.2) is 22.9 Å². The Balaban J connectivity index is 2.68. The van der Waals surface area contributed by atoms with Gasteiger partial charge in [-0.3, -0.25) is 0 Å². The van der Waals surface area contributed by atoms with Crippen molar-refractivity contribution in [3.63, 3.8) is 0 Å². The largest absolute Gasteiger partial charge is 0.384 e. The second-order valence-electron chi connectivity index (χ2n) is 3.23. The van der Waals surface area contributed by atoms with Gasteiger partial charge in [0.2, 0.25) is 0 Å². The lowest BCUT2D eigenvalue weighted by Gasteiger charge is -2.02. The Bertz CT molecular complexity index is 434. The summed E-state index contributed by atoms with van der Waals surface area (Å²) in [7, 11) is 0. The van der Waals surface area contributed by atoms with Crippen molar-refractivity contribution in [2.75, 3.05) is 11.5 Å². The van der Waals surface area contributed by atoms with Crippen molar-refractivity contribution in [2.24, 2.45) is 0 Å². The molecule has 2 N–H and O–H groups in total. The Morgan fingerprint density at radius 2 is 2.38 bits per heavy atom. The molecule has 5 heteroatoms. The van der Waals surface area contributed by atoms with Crippen molar-refractivity contribution in [3.8, 4) is 6.07 Å². The molecule has 0 aromatic carbocycles. The van der Waals surface area contributed by atoms with Gasteiger partial charge < -0.3 is 5.73 Å². The molecule has 0 bridgehead atoms. The fourth-order valence-electron chi connectivity index (χ4n) is 1.03. The SMILES string of the molecule is CCc1cc(N)nc(SC/C=C(\C)C#N)n1. The standard InChI is InChI=1S/C11H14N4S/c1-3-9-6-10(13)15-11(14-9)16-5-4-8(2)7-12/h4,6H,3,5H2,1-2H3,(H2,13,14,15)/b8-4+. The summed E-state index contributed by atoms with van der Waals surface area (Å²) in [5.74, 6) is 1.18. The molecule has 0 aliphatic heterocycles. The first-order valence-corrected chi connectivity index (χ1v) is 5.97. The molecule has 84 valence electrons. The number of hydrogen-bond acceptors (Lipinski definition) is 5. The predicted molar refractivity (Wildman–Crippen MR) is 65.9 cm³/mol. The number of anilines is 1. The van der Waals surface area contributed by atoms with Crippen LogP contribution in [-0.2, 0) is 6.42 Å². The highest BCUT2D eigenvalue weighted by Crippen LogP contribution is 2.16. The van der Waals surface area contributed by atoms with E-state index in [-0.39, 0.29) is 0 Å². The molecule has 1 aromatic heterocycles. The van der Waals surface area contributed by atoms with Crippen molar-refractivity contribution in [1.29, 1.82) is 5.26 Å². The number of aryl methyl sites for hydroxylation is 1. The molecule has 16 heavy (non-hydrogen) atoms. The molecule has 0 saturated heterocycles. The monoisotopic (exact) mass is 234 g/mol. The Labute approximate surface area is 99.6 Å². The maximum absolute atomic E-state index is 8.58. The highest BCUT2D eigenvalue weighted by atomic mass is 32.2. The Morgan fingerprint density at radius 3 is 3.00 bits per heavy atom. The number of hydrogen-bond donors (Lipinski definition) is 1. The molecule has 4 nitrogen and oxygen atoms in total. The molecule has 0 saturated carbocycles. The number of nitrogen functional groups attached to an aromatic ring is 1. The number of aromatic nitrogens is 2. The van der Waals surface area contributed by atoms with Crippen LogP contribution in [0.25, 0.3) is 0 Å². The van der Waals surface area contributed by atoms with Crippen LogP contribution in [0.2, 0.25) is 0 Å². The minimum atomic E-state index is 0.496. The molecule has 0 aliphatic carbocycles. The fourth-order valence-corrected chi connectivity index (χ4v) is 1.86. The summed E-state index contributed by atoms with van der Waals surface area (Å²) < 4.78 is 0. The molecule has 0 fully saturated rings. The number of nitrogens with two attached hydrogens (primary N) is 1. The van der Waals surface area contributed by atoms with Crippen molar-refractivity contribution in [1.82, 2.24) is 9.97 Å². The van der Waals surface area contributed by atoms with Gasteiger partial charge in [-0.1, -0.05) is 24.8 Å². The third-order valence-corrected chi connectivity index (χ3v) is 2.69. The third-order valence-electron chi connectivity index (χ3n) is 1.92. The van der Waals surface area contributed by atoms with E-state index in [0.29, 0.717) is 22.3 Å². The first kappa shape index (κ1) is 12.5. The molecule has 0 aliphatic rings. The van der Waals surface area contributed by atoms with Crippen LogP contribution >= 0.6 is 11.8 Å². The first-order chi connectivity index (χ1) is 7.65. The molecular formula is C11H14N4S. The number of nitrogens with zero attached hydrogens (tertiary/aromatic N) is 3. The average Bonchev–Trinajstić information content (AvgIpc) is 2.28. The number of thioether (sulfide) groups is 1. The zero-order chi connectivity index (χ0) is 12.0. The number of rotatable bonds is 4. The van der Waals surface area contributed by atoms with Crippen LogP contribution in [0.5, 0.6) is 0 Å². The van der Waals surface area contributed by atoms with Crippen molar-refractivity contribution in [3.05, 3.63) is 23.4 Å². The van der Waals surface area contributed by atoms with Crippen LogP contribution in [0.1, 0.15) is 19.5 Å². The number of allylic oxidation sites excluding steroid dienone is 1. The molecule has 0 spiro atoms. The second-order valence-corrected chi connectivity index (χ2v) is 4.22. The molecule has 0 unspecified atom stereocenters. The minimum Gasteiger partial charge on any atom is -0.384 e. The zero-order valence-corrected chi connectivity index (χ0v) is 10.2. The van der Waals surface area contributed by atoms with Crippen LogP contribution in [0, 0.1) is 11.3 Å². The van der Waals surface area contributed by atoms with Crippen LogP contribution in [0.4, 0.5) is 5.82 Å². The Kier molecular flexibility index (Phi) is 4.80. The highest BCUT2D eigenvalue weighted by Gasteiger charge is 2.01. The molecule has 0 atom stereocenters. The summed E-state index contributed by atoms with van der Waals surface area (Å²) in [6.45, 7) is 3.80. The van der Waals surface area contributed by atoms with Crippen LogP contribution in [0.3, 0.4) is 0 Å². The average molecular weight is 234 g/mol. The van der Waals surface area contributed by atoms with Gasteiger partial charge in [0.25, 0.3) is 0 Å². The van der Waals surface area contributed by atoms with Gasteiger partial charge in [0.1, 0.15) is 5.82 Å². The first-order valence-electron chi connectivity index (χ1n) is 4.98. The lowest BCUT2D eigenvalue weighted by molar-refractivity contribution is 0.897. The van der Waals surface area contributed by atoms with Gasteiger partial charge in [0, 0.05) is 23.1 Å².